The van der Waals surface area contributed by atoms with Crippen molar-refractivity contribution >= 4 is 46.4 Å². The highest BCUT2D eigenvalue weighted by Gasteiger charge is 2.25. The zero-order valence-electron chi connectivity index (χ0n) is 21.2. The monoisotopic (exact) mass is 556 g/mol. The number of rotatable bonds is 12. The van der Waals surface area contributed by atoms with E-state index in [2.05, 4.69) is 5.32 Å². The number of amides is 2. The first kappa shape index (κ1) is 27.6. The van der Waals surface area contributed by atoms with Gasteiger partial charge in [0, 0.05) is 23.7 Å². The molecule has 0 saturated carbocycles. The Kier molecular flexibility index (Phi) is 9.73. The molecule has 0 aliphatic carbocycles. The second kappa shape index (κ2) is 13.4. The van der Waals surface area contributed by atoms with Gasteiger partial charge >= 0.3 is 0 Å². The average molecular weight is 557 g/mol. The van der Waals surface area contributed by atoms with Gasteiger partial charge in [0.05, 0.1) is 23.9 Å². The molecule has 3 aromatic rings. The highest BCUT2D eigenvalue weighted by atomic mass is 35.5. The van der Waals surface area contributed by atoms with Crippen molar-refractivity contribution in [2.24, 2.45) is 0 Å². The van der Waals surface area contributed by atoms with E-state index in [9.17, 15) is 9.59 Å². The molecule has 1 aliphatic rings. The standard InChI is InChI=1S/C29H30Cl2N2O5/c1-20-6-10-23(11-7-20)36-15-3-2-14-33-25-18-22(9-13-27(25)38-19-29(33)35)32-28(34)5-4-16-37-26-12-8-21(30)17-24(26)31/h6-13,17-18H,2-5,14-16,19H2,1H3,(H,32,34). The number of carbonyl (C=O) groups is 2. The first-order chi connectivity index (χ1) is 18.4. The fourth-order valence-electron chi connectivity index (χ4n) is 3.95. The van der Waals surface area contributed by atoms with Crippen molar-refractivity contribution in [1.82, 2.24) is 0 Å². The Morgan fingerprint density at radius 3 is 2.55 bits per heavy atom. The number of halogens is 2. The Morgan fingerprint density at radius 1 is 0.974 bits per heavy atom. The summed E-state index contributed by atoms with van der Waals surface area (Å²) in [5, 5.41) is 3.85. The molecule has 0 aromatic heterocycles. The van der Waals surface area contributed by atoms with Crippen molar-refractivity contribution in [3.63, 3.8) is 0 Å². The van der Waals surface area contributed by atoms with E-state index in [0.717, 1.165) is 18.6 Å². The van der Waals surface area contributed by atoms with Gasteiger partial charge in [-0.05, 0) is 74.7 Å². The van der Waals surface area contributed by atoms with Crippen LogP contribution in [-0.2, 0) is 9.59 Å². The summed E-state index contributed by atoms with van der Waals surface area (Å²) in [4.78, 5) is 26.8. The second-order valence-electron chi connectivity index (χ2n) is 8.96. The minimum absolute atomic E-state index is 0.00376. The van der Waals surface area contributed by atoms with Crippen LogP contribution in [0.25, 0.3) is 0 Å². The van der Waals surface area contributed by atoms with Gasteiger partial charge in [-0.2, -0.15) is 0 Å². The van der Waals surface area contributed by atoms with Crippen molar-refractivity contribution in [2.45, 2.75) is 32.6 Å². The maximum Gasteiger partial charge on any atom is 0.265 e. The number of hydrogen-bond donors (Lipinski definition) is 1. The molecule has 7 nitrogen and oxygen atoms in total. The van der Waals surface area contributed by atoms with Gasteiger partial charge in [0.25, 0.3) is 5.91 Å². The number of aryl methyl sites for hydroxylation is 1. The lowest BCUT2D eigenvalue weighted by Crippen LogP contribution is -2.39. The van der Waals surface area contributed by atoms with E-state index in [1.165, 1.54) is 5.56 Å². The van der Waals surface area contributed by atoms with Gasteiger partial charge in [-0.3, -0.25) is 9.59 Å². The molecule has 0 fully saturated rings. The third-order valence-electron chi connectivity index (χ3n) is 5.95. The van der Waals surface area contributed by atoms with Crippen LogP contribution in [0.1, 0.15) is 31.2 Å². The zero-order chi connectivity index (χ0) is 26.9. The Morgan fingerprint density at radius 2 is 1.76 bits per heavy atom. The first-order valence-electron chi connectivity index (χ1n) is 12.5. The largest absolute Gasteiger partial charge is 0.494 e. The molecule has 0 radical (unpaired) electrons. The predicted molar refractivity (Wildman–Crippen MR) is 150 cm³/mol. The van der Waals surface area contributed by atoms with Crippen LogP contribution in [0.5, 0.6) is 17.2 Å². The van der Waals surface area contributed by atoms with Crippen LogP contribution in [0.15, 0.2) is 60.7 Å². The maximum atomic E-state index is 12.6. The molecule has 0 bridgehead atoms. The van der Waals surface area contributed by atoms with Crippen LogP contribution >= 0.6 is 23.2 Å². The molecule has 0 spiro atoms. The van der Waals surface area contributed by atoms with Crippen molar-refractivity contribution in [3.8, 4) is 17.2 Å². The van der Waals surface area contributed by atoms with Gasteiger partial charge in [-0.1, -0.05) is 40.9 Å². The van der Waals surface area contributed by atoms with E-state index in [0.29, 0.717) is 59.1 Å². The SMILES string of the molecule is Cc1ccc(OCCCCN2C(=O)COc3ccc(NC(=O)CCCOc4ccc(Cl)cc4Cl)cc32)cc1. The Bertz CT molecular complexity index is 1270. The minimum atomic E-state index is -0.154. The molecular weight excluding hydrogens is 527 g/mol. The molecule has 1 aliphatic heterocycles. The van der Waals surface area contributed by atoms with Crippen LogP contribution in [0.4, 0.5) is 11.4 Å². The topological polar surface area (TPSA) is 77.1 Å². The van der Waals surface area contributed by atoms with E-state index in [1.807, 2.05) is 31.2 Å². The number of anilines is 2. The van der Waals surface area contributed by atoms with Crippen LogP contribution in [0.2, 0.25) is 10.0 Å². The summed E-state index contributed by atoms with van der Waals surface area (Å²) in [5.74, 6) is 1.71. The second-order valence-corrected chi connectivity index (χ2v) is 9.80. The van der Waals surface area contributed by atoms with Crippen LogP contribution in [-0.4, -0.2) is 38.2 Å². The normalized spacial score (nSPS) is 12.5. The molecule has 0 unspecified atom stereocenters. The third-order valence-corrected chi connectivity index (χ3v) is 6.48. The molecule has 200 valence electrons. The minimum Gasteiger partial charge on any atom is -0.494 e. The fraction of sp³-hybridized carbons (Fsp3) is 0.310. The summed E-state index contributed by atoms with van der Waals surface area (Å²) in [7, 11) is 0. The van der Waals surface area contributed by atoms with Gasteiger partial charge in [0.1, 0.15) is 17.2 Å². The summed E-state index contributed by atoms with van der Waals surface area (Å²) in [6, 6.07) is 18.3. The van der Waals surface area contributed by atoms with E-state index < -0.39 is 0 Å². The van der Waals surface area contributed by atoms with E-state index in [-0.39, 0.29) is 24.8 Å². The molecule has 4 rings (SSSR count). The smallest absolute Gasteiger partial charge is 0.265 e. The van der Waals surface area contributed by atoms with Gasteiger partial charge in [-0.15, -0.1) is 0 Å². The summed E-state index contributed by atoms with van der Waals surface area (Å²) >= 11 is 12.0. The van der Waals surface area contributed by atoms with E-state index >= 15 is 0 Å². The van der Waals surface area contributed by atoms with Crippen LogP contribution in [0.3, 0.4) is 0 Å². The maximum absolute atomic E-state index is 12.6. The average Bonchev–Trinajstić information content (AvgIpc) is 2.89. The molecule has 3 aromatic carbocycles. The number of ether oxygens (including phenoxy) is 3. The first-order valence-corrected chi connectivity index (χ1v) is 13.3. The molecule has 9 heteroatoms. The molecular formula is C29H30Cl2N2O5. The number of hydrogen-bond acceptors (Lipinski definition) is 5. The van der Waals surface area contributed by atoms with Crippen molar-refractivity contribution < 1.29 is 23.8 Å². The Hall–Kier alpha value is -3.42. The van der Waals surface area contributed by atoms with E-state index in [4.69, 9.17) is 37.4 Å². The lowest BCUT2D eigenvalue weighted by atomic mass is 10.2. The molecule has 1 heterocycles. The van der Waals surface area contributed by atoms with Gasteiger partial charge in [0.2, 0.25) is 5.91 Å². The number of fused-ring (bicyclic) bond motifs is 1. The Labute approximate surface area is 232 Å². The molecule has 0 atom stereocenters. The van der Waals surface area contributed by atoms with Gasteiger partial charge in [0.15, 0.2) is 6.61 Å². The van der Waals surface area contributed by atoms with E-state index in [1.54, 1.807) is 41.3 Å². The van der Waals surface area contributed by atoms with Gasteiger partial charge < -0.3 is 24.4 Å². The fourth-order valence-corrected chi connectivity index (χ4v) is 4.42. The molecule has 2 amide bonds. The Balaban J connectivity index is 1.24. The zero-order valence-corrected chi connectivity index (χ0v) is 22.7. The number of nitrogens with zero attached hydrogens (tertiary/aromatic N) is 1. The summed E-state index contributed by atoms with van der Waals surface area (Å²) in [6.07, 6.45) is 2.34. The summed E-state index contributed by atoms with van der Waals surface area (Å²) in [5.41, 5.74) is 2.44. The van der Waals surface area contributed by atoms with Crippen LogP contribution in [0, 0.1) is 6.92 Å². The van der Waals surface area contributed by atoms with Crippen LogP contribution < -0.4 is 24.4 Å². The summed E-state index contributed by atoms with van der Waals surface area (Å²) in [6.45, 7) is 3.47. The molecule has 1 N–H and O–H groups in total. The summed E-state index contributed by atoms with van der Waals surface area (Å²) < 4.78 is 17.0. The molecule has 0 saturated heterocycles. The van der Waals surface area contributed by atoms with Crippen molar-refractivity contribution in [2.75, 3.05) is 36.6 Å². The molecule has 38 heavy (non-hydrogen) atoms. The van der Waals surface area contributed by atoms with Crippen molar-refractivity contribution in [3.05, 3.63) is 76.3 Å². The third kappa shape index (κ3) is 7.79. The quantitative estimate of drug-likeness (QED) is 0.251. The van der Waals surface area contributed by atoms with Crippen molar-refractivity contribution in [1.29, 1.82) is 0 Å². The lowest BCUT2D eigenvalue weighted by Gasteiger charge is -2.30. The van der Waals surface area contributed by atoms with Gasteiger partial charge in [-0.25, -0.2) is 0 Å². The number of carbonyl (C=O) groups excluding carboxylic acids is 2. The number of benzene rings is 3. The highest BCUT2D eigenvalue weighted by molar-refractivity contribution is 6.35. The number of nitrogens with one attached hydrogen (secondary N) is 1. The predicted octanol–water partition coefficient (Wildman–Crippen LogP) is 6.68. The lowest BCUT2D eigenvalue weighted by molar-refractivity contribution is -0.121. The number of unbranched alkanes of at least 4 members (excludes halogenated alkanes) is 1. The highest BCUT2D eigenvalue weighted by Crippen LogP contribution is 2.35.